The van der Waals surface area contributed by atoms with Crippen LogP contribution in [-0.2, 0) is 14.2 Å². The molecule has 0 radical (unpaired) electrons. The number of rotatable bonds is 10. The first-order chi connectivity index (χ1) is 17.2. The van der Waals surface area contributed by atoms with Crippen LogP contribution in [0.15, 0.2) is 11.1 Å². The van der Waals surface area contributed by atoms with Crippen molar-refractivity contribution in [2.24, 2.45) is 34.0 Å². The quantitative estimate of drug-likeness (QED) is 0.377. The van der Waals surface area contributed by atoms with Gasteiger partial charge in [0.15, 0.2) is 0 Å². The topological polar surface area (TPSA) is 88.4 Å². The summed E-state index contributed by atoms with van der Waals surface area (Å²) in [6, 6.07) is 0. The van der Waals surface area contributed by atoms with E-state index in [1.54, 1.807) is 5.57 Å². The highest BCUT2D eigenvalue weighted by atomic mass is 16.5. The number of allylic oxidation sites excluding steroid dienone is 1. The number of aliphatic hydroxyl groups excluding tert-OH is 3. The minimum atomic E-state index is -0.0507. The summed E-state index contributed by atoms with van der Waals surface area (Å²) in [5.74, 6) is 1.33. The Bertz CT molecular complexity index is 783. The molecule has 4 saturated carbocycles. The van der Waals surface area contributed by atoms with Crippen LogP contribution in [0.3, 0.4) is 0 Å². The average Bonchev–Trinajstić information content (AvgIpc) is 3.22. The van der Waals surface area contributed by atoms with Crippen LogP contribution in [0.1, 0.15) is 86.0 Å². The lowest BCUT2D eigenvalue weighted by molar-refractivity contribution is -0.257. The van der Waals surface area contributed by atoms with Gasteiger partial charge in [0.1, 0.15) is 0 Å². The second-order valence-electron chi connectivity index (χ2n) is 12.7. The Hall–Kier alpha value is -0.500. The fourth-order valence-corrected chi connectivity index (χ4v) is 9.49. The molecule has 208 valence electrons. The number of hydrogen-bond acceptors (Lipinski definition) is 6. The van der Waals surface area contributed by atoms with Crippen LogP contribution in [0.4, 0.5) is 0 Å². The van der Waals surface area contributed by atoms with Crippen molar-refractivity contribution in [1.29, 1.82) is 0 Å². The standard InChI is InChI=1S/C30H52O6/c1-6-20(2)23-7-8-24-27-25(35-15-12-32)18-21-17-22(34-14-11-31)9-10-28(21,3)29(27,4)19-26(30(23,24)5)36-16-13-33/h21-22,24-27,31-33H,6-19H2,1-5H3. The largest absolute Gasteiger partial charge is 0.394 e. The van der Waals surface area contributed by atoms with Gasteiger partial charge in [-0.25, -0.2) is 0 Å². The summed E-state index contributed by atoms with van der Waals surface area (Å²) in [7, 11) is 0. The number of ether oxygens (including phenoxy) is 3. The van der Waals surface area contributed by atoms with Gasteiger partial charge in [-0.2, -0.15) is 0 Å². The Morgan fingerprint density at radius 3 is 2.22 bits per heavy atom. The van der Waals surface area contributed by atoms with E-state index in [1.807, 2.05) is 0 Å². The Balaban J connectivity index is 1.77. The van der Waals surface area contributed by atoms with Gasteiger partial charge >= 0.3 is 0 Å². The van der Waals surface area contributed by atoms with E-state index in [0.29, 0.717) is 37.6 Å². The van der Waals surface area contributed by atoms with Gasteiger partial charge in [0.25, 0.3) is 0 Å². The Morgan fingerprint density at radius 1 is 0.889 bits per heavy atom. The van der Waals surface area contributed by atoms with Crippen molar-refractivity contribution >= 4 is 0 Å². The fraction of sp³-hybridized carbons (Fsp3) is 0.933. The van der Waals surface area contributed by atoms with Gasteiger partial charge in [-0.3, -0.25) is 0 Å². The molecular weight excluding hydrogens is 456 g/mol. The molecule has 0 aliphatic heterocycles. The molecule has 0 heterocycles. The molecule has 0 spiro atoms. The molecule has 3 N–H and O–H groups in total. The third kappa shape index (κ3) is 4.52. The number of hydrogen-bond donors (Lipinski definition) is 3. The zero-order valence-corrected chi connectivity index (χ0v) is 23.4. The van der Waals surface area contributed by atoms with Gasteiger partial charge in [0, 0.05) is 5.41 Å². The third-order valence-corrected chi connectivity index (χ3v) is 11.6. The lowest BCUT2D eigenvalue weighted by atomic mass is 9.37. The summed E-state index contributed by atoms with van der Waals surface area (Å²) >= 11 is 0. The molecule has 9 atom stereocenters. The van der Waals surface area contributed by atoms with E-state index < -0.39 is 0 Å². The van der Waals surface area contributed by atoms with Gasteiger partial charge in [-0.15, -0.1) is 0 Å². The highest BCUT2D eigenvalue weighted by Crippen LogP contribution is 2.73. The van der Waals surface area contributed by atoms with E-state index in [2.05, 4.69) is 34.6 Å². The SMILES string of the molecule is CCC(C)=C1CCC2C3C(OCCO)CC4CC(OCCO)CCC4(C)C3(C)CC(OCCO)C12C. The number of fused-ring (bicyclic) bond motifs is 5. The molecule has 6 heteroatoms. The molecule has 0 bridgehead atoms. The summed E-state index contributed by atoms with van der Waals surface area (Å²) in [5, 5.41) is 28.7. The Morgan fingerprint density at radius 2 is 1.56 bits per heavy atom. The maximum atomic E-state index is 9.70. The minimum absolute atomic E-state index is 0.0257. The van der Waals surface area contributed by atoms with Crippen LogP contribution in [0.2, 0.25) is 0 Å². The molecule has 0 aromatic carbocycles. The first kappa shape index (κ1) is 28.5. The molecule has 9 unspecified atom stereocenters. The maximum Gasteiger partial charge on any atom is 0.0701 e. The molecule has 4 rings (SSSR count). The monoisotopic (exact) mass is 508 g/mol. The first-order valence-corrected chi connectivity index (χ1v) is 14.6. The molecule has 36 heavy (non-hydrogen) atoms. The molecule has 4 aliphatic carbocycles. The second kappa shape index (κ2) is 11.3. The third-order valence-electron chi connectivity index (χ3n) is 11.6. The summed E-state index contributed by atoms with van der Waals surface area (Å²) in [6.45, 7) is 13.4. The maximum absolute atomic E-state index is 9.70. The van der Waals surface area contributed by atoms with E-state index in [9.17, 15) is 15.3 Å². The predicted molar refractivity (Wildman–Crippen MR) is 141 cm³/mol. The van der Waals surface area contributed by atoms with Crippen molar-refractivity contribution in [3.8, 4) is 0 Å². The first-order valence-electron chi connectivity index (χ1n) is 14.6. The molecule has 0 saturated heterocycles. The molecule has 4 fully saturated rings. The fourth-order valence-electron chi connectivity index (χ4n) is 9.49. The second-order valence-corrected chi connectivity index (χ2v) is 12.7. The highest BCUT2D eigenvalue weighted by Gasteiger charge is 2.70. The molecule has 0 amide bonds. The lowest BCUT2D eigenvalue weighted by Gasteiger charge is -2.69. The van der Waals surface area contributed by atoms with Gasteiger partial charge in [0.05, 0.1) is 58.0 Å². The summed E-state index contributed by atoms with van der Waals surface area (Å²) < 4.78 is 19.2. The van der Waals surface area contributed by atoms with Gasteiger partial charge in [0.2, 0.25) is 0 Å². The highest BCUT2D eigenvalue weighted by molar-refractivity contribution is 5.32. The Kier molecular flexibility index (Phi) is 8.96. The van der Waals surface area contributed by atoms with E-state index in [4.69, 9.17) is 14.2 Å². The molecule has 6 nitrogen and oxygen atoms in total. The van der Waals surface area contributed by atoms with Gasteiger partial charge in [-0.05, 0) is 86.9 Å². The van der Waals surface area contributed by atoms with Crippen LogP contribution >= 0.6 is 0 Å². The zero-order chi connectivity index (χ0) is 26.1. The molecule has 0 aromatic heterocycles. The zero-order valence-electron chi connectivity index (χ0n) is 23.4. The predicted octanol–water partition coefficient (Wildman–Crippen LogP) is 4.50. The van der Waals surface area contributed by atoms with E-state index in [-0.39, 0.29) is 54.4 Å². The van der Waals surface area contributed by atoms with Crippen molar-refractivity contribution < 1.29 is 29.5 Å². The van der Waals surface area contributed by atoms with Crippen LogP contribution in [-0.4, -0.2) is 73.3 Å². The van der Waals surface area contributed by atoms with Gasteiger partial charge < -0.3 is 29.5 Å². The Labute approximate surface area is 218 Å². The van der Waals surface area contributed by atoms with E-state index >= 15 is 0 Å². The number of aliphatic hydroxyl groups is 3. The summed E-state index contributed by atoms with van der Waals surface area (Å²) in [6.07, 6.45) is 8.84. The van der Waals surface area contributed by atoms with Crippen molar-refractivity contribution in [2.75, 3.05) is 39.6 Å². The average molecular weight is 509 g/mol. The van der Waals surface area contributed by atoms with Crippen molar-refractivity contribution in [3.63, 3.8) is 0 Å². The molecule has 4 aliphatic rings. The minimum Gasteiger partial charge on any atom is -0.394 e. The van der Waals surface area contributed by atoms with Crippen LogP contribution in [0.25, 0.3) is 0 Å². The van der Waals surface area contributed by atoms with Crippen LogP contribution < -0.4 is 0 Å². The van der Waals surface area contributed by atoms with Crippen molar-refractivity contribution in [2.45, 2.75) is 104 Å². The van der Waals surface area contributed by atoms with E-state index in [1.165, 1.54) is 5.57 Å². The van der Waals surface area contributed by atoms with Crippen molar-refractivity contribution in [1.82, 2.24) is 0 Å². The van der Waals surface area contributed by atoms with Crippen LogP contribution in [0, 0.1) is 34.0 Å². The normalized spacial score (nSPS) is 45.7. The lowest BCUT2D eigenvalue weighted by Crippen LogP contribution is -2.67. The molecule has 0 aromatic rings. The smallest absolute Gasteiger partial charge is 0.0701 e. The summed E-state index contributed by atoms with van der Waals surface area (Å²) in [5.41, 5.74) is 3.19. The van der Waals surface area contributed by atoms with Gasteiger partial charge in [-0.1, -0.05) is 38.8 Å². The summed E-state index contributed by atoms with van der Waals surface area (Å²) in [4.78, 5) is 0. The van der Waals surface area contributed by atoms with Crippen LogP contribution in [0.5, 0.6) is 0 Å². The molecular formula is C30H52O6. The van der Waals surface area contributed by atoms with Crippen molar-refractivity contribution in [3.05, 3.63) is 11.1 Å². The van der Waals surface area contributed by atoms with E-state index in [0.717, 1.165) is 51.4 Å².